The first kappa shape index (κ1) is 11.4. The molecule has 1 heterocycles. The number of benzene rings is 1. The predicted octanol–water partition coefficient (Wildman–Crippen LogP) is 2.46. The average Bonchev–Trinajstić information content (AvgIpc) is 2.64. The minimum atomic E-state index is 0.0515. The topological polar surface area (TPSA) is 49.0 Å². The Morgan fingerprint density at radius 3 is 2.35 bits per heavy atom. The fourth-order valence-electron chi connectivity index (χ4n) is 2.07. The molecule has 0 unspecified atom stereocenters. The third kappa shape index (κ3) is 1.95. The largest absolute Gasteiger partial charge is 0.392 e. The Kier molecular flexibility index (Phi) is 2.99. The van der Waals surface area contributed by atoms with E-state index in [2.05, 4.69) is 10.6 Å². The lowest BCUT2D eigenvalue weighted by molar-refractivity contribution is 0.281. The molecule has 0 aliphatic rings. The number of hydrogen-bond donors (Lipinski definition) is 1. The van der Waals surface area contributed by atoms with Gasteiger partial charge in [0, 0.05) is 17.1 Å². The van der Waals surface area contributed by atoms with Crippen LogP contribution in [-0.2, 0) is 6.61 Å². The Morgan fingerprint density at radius 2 is 1.88 bits per heavy atom. The Hall–Kier alpha value is -2.05. The maximum Gasteiger partial charge on any atom is 0.0991 e. The zero-order valence-electron chi connectivity index (χ0n) is 9.94. The molecule has 1 N–H and O–H groups in total. The highest BCUT2D eigenvalue weighted by atomic mass is 16.3. The molecule has 3 nitrogen and oxygen atoms in total. The number of aliphatic hydroxyl groups is 1. The summed E-state index contributed by atoms with van der Waals surface area (Å²) >= 11 is 0. The van der Waals surface area contributed by atoms with E-state index in [0.717, 1.165) is 22.6 Å². The van der Waals surface area contributed by atoms with Gasteiger partial charge in [0.25, 0.3) is 0 Å². The van der Waals surface area contributed by atoms with E-state index in [1.165, 1.54) is 0 Å². The Balaban J connectivity index is 2.53. The van der Waals surface area contributed by atoms with Crippen molar-refractivity contribution in [1.82, 2.24) is 4.57 Å². The van der Waals surface area contributed by atoms with Crippen LogP contribution >= 0.6 is 0 Å². The second-order valence-electron chi connectivity index (χ2n) is 4.05. The molecule has 1 aromatic carbocycles. The van der Waals surface area contributed by atoms with E-state index >= 15 is 0 Å². The SMILES string of the molecule is Cc1cc(CO)c(C)n1-c1ccc(C#N)cc1. The fraction of sp³-hybridized carbons (Fsp3) is 0.214. The van der Waals surface area contributed by atoms with Gasteiger partial charge in [-0.1, -0.05) is 0 Å². The number of nitrogens with zero attached hydrogens (tertiary/aromatic N) is 2. The summed E-state index contributed by atoms with van der Waals surface area (Å²) in [6.07, 6.45) is 0. The number of aryl methyl sites for hydroxylation is 1. The highest BCUT2D eigenvalue weighted by Crippen LogP contribution is 2.20. The zero-order chi connectivity index (χ0) is 12.4. The first-order chi connectivity index (χ1) is 8.17. The van der Waals surface area contributed by atoms with Crippen LogP contribution in [0.15, 0.2) is 30.3 Å². The van der Waals surface area contributed by atoms with Gasteiger partial charge >= 0.3 is 0 Å². The van der Waals surface area contributed by atoms with Crippen LogP contribution in [0.4, 0.5) is 0 Å². The van der Waals surface area contributed by atoms with Gasteiger partial charge in [-0.15, -0.1) is 0 Å². The quantitative estimate of drug-likeness (QED) is 0.855. The molecular weight excluding hydrogens is 212 g/mol. The molecule has 0 aliphatic carbocycles. The maximum absolute atomic E-state index is 9.23. The third-order valence-corrected chi connectivity index (χ3v) is 2.96. The van der Waals surface area contributed by atoms with Crippen LogP contribution in [0.25, 0.3) is 5.69 Å². The van der Waals surface area contributed by atoms with Gasteiger partial charge in [-0.3, -0.25) is 0 Å². The van der Waals surface area contributed by atoms with Crippen molar-refractivity contribution in [2.45, 2.75) is 20.5 Å². The van der Waals surface area contributed by atoms with E-state index in [4.69, 9.17) is 5.26 Å². The lowest BCUT2D eigenvalue weighted by atomic mass is 10.2. The second-order valence-corrected chi connectivity index (χ2v) is 4.05. The minimum absolute atomic E-state index is 0.0515. The van der Waals surface area contributed by atoms with Gasteiger partial charge in [0.05, 0.1) is 18.2 Å². The van der Waals surface area contributed by atoms with Crippen LogP contribution in [0, 0.1) is 25.2 Å². The average molecular weight is 226 g/mol. The van der Waals surface area contributed by atoms with E-state index in [1.54, 1.807) is 12.1 Å². The van der Waals surface area contributed by atoms with E-state index in [-0.39, 0.29) is 6.61 Å². The number of aliphatic hydroxyl groups excluding tert-OH is 1. The summed E-state index contributed by atoms with van der Waals surface area (Å²) in [4.78, 5) is 0. The van der Waals surface area contributed by atoms with E-state index in [0.29, 0.717) is 5.56 Å². The molecule has 0 saturated carbocycles. The molecule has 3 heteroatoms. The predicted molar refractivity (Wildman–Crippen MR) is 65.9 cm³/mol. The molecule has 0 amide bonds. The molecule has 0 radical (unpaired) electrons. The summed E-state index contributed by atoms with van der Waals surface area (Å²) in [5.74, 6) is 0. The van der Waals surface area contributed by atoms with E-state index in [1.807, 2.05) is 32.0 Å². The van der Waals surface area contributed by atoms with Crippen molar-refractivity contribution in [3.05, 3.63) is 52.8 Å². The van der Waals surface area contributed by atoms with Crippen molar-refractivity contribution in [3.8, 4) is 11.8 Å². The monoisotopic (exact) mass is 226 g/mol. The standard InChI is InChI=1S/C14H14N2O/c1-10-7-13(9-17)11(2)16(10)14-5-3-12(8-15)4-6-14/h3-7,17H,9H2,1-2H3. The van der Waals surface area contributed by atoms with Crippen LogP contribution in [0.2, 0.25) is 0 Å². The summed E-state index contributed by atoms with van der Waals surface area (Å²) < 4.78 is 2.08. The number of hydrogen-bond acceptors (Lipinski definition) is 2. The molecule has 0 fully saturated rings. The molecule has 0 aliphatic heterocycles. The molecule has 0 bridgehead atoms. The van der Waals surface area contributed by atoms with Crippen molar-refractivity contribution in [2.24, 2.45) is 0 Å². The highest BCUT2D eigenvalue weighted by molar-refractivity contribution is 5.44. The normalized spacial score (nSPS) is 10.2. The molecule has 0 atom stereocenters. The molecule has 0 saturated heterocycles. The number of aromatic nitrogens is 1. The van der Waals surface area contributed by atoms with Crippen molar-refractivity contribution < 1.29 is 5.11 Å². The molecule has 2 aromatic rings. The van der Waals surface area contributed by atoms with Crippen molar-refractivity contribution in [2.75, 3.05) is 0 Å². The van der Waals surface area contributed by atoms with Gasteiger partial charge in [0.15, 0.2) is 0 Å². The first-order valence-electron chi connectivity index (χ1n) is 5.46. The molecule has 0 spiro atoms. The molecular formula is C14H14N2O. The van der Waals surface area contributed by atoms with Crippen LogP contribution in [0.5, 0.6) is 0 Å². The van der Waals surface area contributed by atoms with Gasteiger partial charge < -0.3 is 9.67 Å². The Labute approximate surface area is 101 Å². The molecule has 2 rings (SSSR count). The highest BCUT2D eigenvalue weighted by Gasteiger charge is 2.09. The van der Waals surface area contributed by atoms with Crippen molar-refractivity contribution in [1.29, 1.82) is 5.26 Å². The lowest BCUT2D eigenvalue weighted by Gasteiger charge is -2.09. The Bertz CT molecular complexity index is 574. The van der Waals surface area contributed by atoms with Gasteiger partial charge in [-0.25, -0.2) is 0 Å². The Morgan fingerprint density at radius 1 is 1.24 bits per heavy atom. The summed E-state index contributed by atoms with van der Waals surface area (Å²) in [7, 11) is 0. The van der Waals surface area contributed by atoms with Crippen molar-refractivity contribution >= 4 is 0 Å². The molecule has 86 valence electrons. The summed E-state index contributed by atoms with van der Waals surface area (Å²) in [5.41, 5.74) is 4.72. The van der Waals surface area contributed by atoms with Crippen LogP contribution in [-0.4, -0.2) is 9.67 Å². The van der Waals surface area contributed by atoms with E-state index < -0.39 is 0 Å². The third-order valence-electron chi connectivity index (χ3n) is 2.96. The van der Waals surface area contributed by atoms with E-state index in [9.17, 15) is 5.11 Å². The number of nitriles is 1. The summed E-state index contributed by atoms with van der Waals surface area (Å²) in [5, 5.41) is 18.0. The zero-order valence-corrected chi connectivity index (χ0v) is 9.94. The maximum atomic E-state index is 9.23. The van der Waals surface area contributed by atoms with Crippen molar-refractivity contribution in [3.63, 3.8) is 0 Å². The minimum Gasteiger partial charge on any atom is -0.392 e. The lowest BCUT2D eigenvalue weighted by Crippen LogP contribution is -1.99. The van der Waals surface area contributed by atoms with Gasteiger partial charge in [-0.2, -0.15) is 5.26 Å². The summed E-state index contributed by atoms with van der Waals surface area (Å²) in [6, 6.07) is 11.5. The van der Waals surface area contributed by atoms with Gasteiger partial charge in [0.1, 0.15) is 0 Å². The second kappa shape index (κ2) is 4.44. The van der Waals surface area contributed by atoms with Crippen LogP contribution in [0.1, 0.15) is 22.5 Å². The summed E-state index contributed by atoms with van der Waals surface area (Å²) in [6.45, 7) is 4.04. The first-order valence-corrected chi connectivity index (χ1v) is 5.46. The smallest absolute Gasteiger partial charge is 0.0991 e. The molecule has 17 heavy (non-hydrogen) atoms. The van der Waals surface area contributed by atoms with Crippen LogP contribution in [0.3, 0.4) is 0 Å². The van der Waals surface area contributed by atoms with Crippen LogP contribution < -0.4 is 0 Å². The van der Waals surface area contributed by atoms with Gasteiger partial charge in [-0.05, 0) is 49.7 Å². The van der Waals surface area contributed by atoms with Gasteiger partial charge in [0.2, 0.25) is 0 Å². The number of rotatable bonds is 2. The molecule has 1 aromatic heterocycles. The fourth-order valence-corrected chi connectivity index (χ4v) is 2.07.